The summed E-state index contributed by atoms with van der Waals surface area (Å²) >= 11 is 1.59. The normalized spacial score (nSPS) is 21.3. The lowest BCUT2D eigenvalue weighted by atomic mass is 9.98. The number of hydrogen-bond acceptors (Lipinski definition) is 4. The van der Waals surface area contributed by atoms with Crippen LogP contribution >= 0.6 is 11.3 Å². The summed E-state index contributed by atoms with van der Waals surface area (Å²) in [7, 11) is 1.74. The Bertz CT molecular complexity index is 911. The second kappa shape index (κ2) is 6.49. The quantitative estimate of drug-likeness (QED) is 0.816. The second-order valence-corrected chi connectivity index (χ2v) is 8.02. The third kappa shape index (κ3) is 2.82. The van der Waals surface area contributed by atoms with Crippen LogP contribution in [0.25, 0.3) is 0 Å². The zero-order valence-corrected chi connectivity index (χ0v) is 16.2. The monoisotopic (exact) mass is 383 g/mol. The summed E-state index contributed by atoms with van der Waals surface area (Å²) in [4.78, 5) is 43.4. The lowest BCUT2D eigenvalue weighted by Crippen LogP contribution is -2.63. The van der Waals surface area contributed by atoms with Gasteiger partial charge in [-0.2, -0.15) is 11.3 Å². The molecule has 0 radical (unpaired) electrons. The fourth-order valence-electron chi connectivity index (χ4n) is 3.94. The number of benzene rings is 1. The van der Waals surface area contributed by atoms with Crippen LogP contribution in [0.5, 0.6) is 0 Å². The number of anilines is 1. The van der Waals surface area contributed by atoms with Crippen LogP contribution in [0.4, 0.5) is 5.69 Å². The van der Waals surface area contributed by atoms with Crippen LogP contribution < -0.4 is 4.90 Å². The van der Waals surface area contributed by atoms with Crippen molar-refractivity contribution in [1.82, 2.24) is 9.80 Å². The van der Waals surface area contributed by atoms with Gasteiger partial charge in [0.2, 0.25) is 11.8 Å². The Balaban J connectivity index is 1.63. The summed E-state index contributed by atoms with van der Waals surface area (Å²) in [6, 6.07) is 9.11. The van der Waals surface area contributed by atoms with Crippen molar-refractivity contribution in [2.45, 2.75) is 32.0 Å². The van der Waals surface area contributed by atoms with Crippen LogP contribution in [-0.4, -0.2) is 46.8 Å². The van der Waals surface area contributed by atoms with Gasteiger partial charge in [0, 0.05) is 20.0 Å². The van der Waals surface area contributed by atoms with Crippen molar-refractivity contribution < 1.29 is 14.4 Å². The molecular formula is C20H21N3O3S. The highest BCUT2D eigenvalue weighted by Gasteiger charge is 2.53. The summed E-state index contributed by atoms with van der Waals surface area (Å²) in [6.45, 7) is 2.33. The van der Waals surface area contributed by atoms with E-state index < -0.39 is 5.66 Å². The molecule has 0 aliphatic carbocycles. The first-order chi connectivity index (χ1) is 12.9. The van der Waals surface area contributed by atoms with Gasteiger partial charge in [0.15, 0.2) is 0 Å². The number of hydrogen-bond donors (Lipinski definition) is 0. The van der Waals surface area contributed by atoms with Crippen LogP contribution in [0.15, 0.2) is 41.1 Å². The Hall–Kier alpha value is -2.67. The van der Waals surface area contributed by atoms with E-state index in [1.807, 2.05) is 29.8 Å². The second-order valence-electron chi connectivity index (χ2n) is 7.24. The highest BCUT2D eigenvalue weighted by Crippen LogP contribution is 2.43. The lowest BCUT2D eigenvalue weighted by Gasteiger charge is -2.48. The summed E-state index contributed by atoms with van der Waals surface area (Å²) in [5.74, 6) is -0.354. The van der Waals surface area contributed by atoms with Crippen molar-refractivity contribution >= 4 is 34.7 Å². The minimum absolute atomic E-state index is 0.0125. The average molecular weight is 383 g/mol. The molecule has 0 bridgehead atoms. The zero-order chi connectivity index (χ0) is 19.2. The molecule has 0 spiro atoms. The van der Waals surface area contributed by atoms with Gasteiger partial charge < -0.3 is 9.80 Å². The molecule has 6 nitrogen and oxygen atoms in total. The van der Waals surface area contributed by atoms with Crippen molar-refractivity contribution in [3.8, 4) is 0 Å². The van der Waals surface area contributed by atoms with E-state index in [0.29, 0.717) is 30.6 Å². The van der Waals surface area contributed by atoms with E-state index in [9.17, 15) is 14.4 Å². The number of rotatable bonds is 4. The third-order valence-corrected chi connectivity index (χ3v) is 6.20. The number of amides is 3. The molecule has 2 aromatic rings. The summed E-state index contributed by atoms with van der Waals surface area (Å²) < 4.78 is 0. The van der Waals surface area contributed by atoms with Gasteiger partial charge in [0.05, 0.1) is 11.3 Å². The van der Waals surface area contributed by atoms with Gasteiger partial charge in [-0.25, -0.2) is 0 Å². The van der Waals surface area contributed by atoms with E-state index in [2.05, 4.69) is 0 Å². The van der Waals surface area contributed by atoms with Crippen molar-refractivity contribution in [2.75, 3.05) is 18.5 Å². The largest absolute Gasteiger partial charge is 0.340 e. The Morgan fingerprint density at radius 3 is 2.78 bits per heavy atom. The van der Waals surface area contributed by atoms with Gasteiger partial charge in [-0.3, -0.25) is 19.3 Å². The number of carbonyl (C=O) groups is 3. The van der Waals surface area contributed by atoms with Crippen molar-refractivity contribution in [1.29, 1.82) is 0 Å². The first kappa shape index (κ1) is 17.7. The predicted octanol–water partition coefficient (Wildman–Crippen LogP) is 2.71. The molecular weight excluding hydrogens is 362 g/mol. The zero-order valence-electron chi connectivity index (χ0n) is 15.3. The Labute approximate surface area is 162 Å². The fraction of sp³-hybridized carbons (Fsp3) is 0.350. The van der Waals surface area contributed by atoms with E-state index in [-0.39, 0.29) is 24.3 Å². The number of fused-ring (bicyclic) bond motifs is 3. The summed E-state index contributed by atoms with van der Waals surface area (Å²) in [6.07, 6.45) is 0.890. The minimum Gasteiger partial charge on any atom is -0.340 e. The number of para-hydroxylation sites is 1. The Morgan fingerprint density at radius 1 is 1.26 bits per heavy atom. The molecule has 3 heterocycles. The van der Waals surface area contributed by atoms with Gasteiger partial charge in [-0.1, -0.05) is 12.1 Å². The predicted molar refractivity (Wildman–Crippen MR) is 103 cm³/mol. The molecule has 7 heteroatoms. The highest BCUT2D eigenvalue weighted by molar-refractivity contribution is 7.07. The van der Waals surface area contributed by atoms with Gasteiger partial charge in [0.25, 0.3) is 5.91 Å². The molecule has 4 rings (SSSR count). The smallest absolute Gasteiger partial charge is 0.258 e. The van der Waals surface area contributed by atoms with Crippen LogP contribution in [0.3, 0.4) is 0 Å². The molecule has 1 atom stereocenters. The number of likely N-dealkylation sites (N-methyl/N-ethyl adjacent to an activating group) is 1. The molecule has 2 aliphatic rings. The van der Waals surface area contributed by atoms with Crippen molar-refractivity contribution in [3.63, 3.8) is 0 Å². The maximum atomic E-state index is 13.2. The summed E-state index contributed by atoms with van der Waals surface area (Å²) in [5.41, 5.74) is 1.37. The molecule has 1 saturated heterocycles. The molecule has 2 aliphatic heterocycles. The minimum atomic E-state index is -0.804. The molecule has 3 amide bonds. The maximum absolute atomic E-state index is 13.2. The topological polar surface area (TPSA) is 60.9 Å². The number of carbonyl (C=O) groups excluding carboxylic acids is 3. The third-order valence-electron chi connectivity index (χ3n) is 5.46. The van der Waals surface area contributed by atoms with Crippen molar-refractivity contribution in [2.24, 2.45) is 0 Å². The highest BCUT2D eigenvalue weighted by atomic mass is 32.1. The first-order valence-corrected chi connectivity index (χ1v) is 9.85. The van der Waals surface area contributed by atoms with Crippen LogP contribution in [-0.2, 0) is 16.1 Å². The van der Waals surface area contributed by atoms with E-state index >= 15 is 0 Å². The molecule has 140 valence electrons. The Kier molecular flexibility index (Phi) is 4.26. The molecule has 1 aromatic heterocycles. The molecule has 1 unspecified atom stereocenters. The van der Waals surface area contributed by atoms with E-state index in [4.69, 9.17) is 0 Å². The maximum Gasteiger partial charge on any atom is 0.258 e. The van der Waals surface area contributed by atoms with Gasteiger partial charge >= 0.3 is 0 Å². The fourth-order valence-corrected chi connectivity index (χ4v) is 4.60. The number of thiophene rings is 1. The van der Waals surface area contributed by atoms with E-state index in [1.165, 1.54) is 0 Å². The van der Waals surface area contributed by atoms with Gasteiger partial charge in [0.1, 0.15) is 12.2 Å². The average Bonchev–Trinajstić information content (AvgIpc) is 3.27. The van der Waals surface area contributed by atoms with E-state index in [1.54, 1.807) is 51.3 Å². The summed E-state index contributed by atoms with van der Waals surface area (Å²) in [5, 5.41) is 3.98. The van der Waals surface area contributed by atoms with Crippen molar-refractivity contribution in [3.05, 3.63) is 52.2 Å². The molecule has 27 heavy (non-hydrogen) atoms. The molecule has 0 saturated carbocycles. The van der Waals surface area contributed by atoms with Crippen LogP contribution in [0.2, 0.25) is 0 Å². The van der Waals surface area contributed by atoms with Gasteiger partial charge in [-0.05, 0) is 47.9 Å². The standard InChI is InChI=1S/C20H21N3O3S/c1-20-9-7-17(24)23(20)16-6-4-3-5-15(16)19(26)22(20)12-18(25)21(2)11-14-8-10-27-13-14/h3-6,8,10,13H,7,9,11-12H2,1-2H3. The van der Waals surface area contributed by atoms with Crippen LogP contribution in [0.1, 0.15) is 35.7 Å². The van der Waals surface area contributed by atoms with Gasteiger partial charge in [-0.15, -0.1) is 0 Å². The molecule has 0 N–H and O–H groups in total. The molecule has 1 aromatic carbocycles. The lowest BCUT2D eigenvalue weighted by molar-refractivity contribution is -0.132. The van der Waals surface area contributed by atoms with E-state index in [0.717, 1.165) is 5.56 Å². The Morgan fingerprint density at radius 2 is 2.04 bits per heavy atom. The first-order valence-electron chi connectivity index (χ1n) is 8.91. The number of nitrogens with zero attached hydrogens (tertiary/aromatic N) is 3. The SMILES string of the molecule is CN(Cc1ccsc1)C(=O)CN1C(=O)c2ccccc2N2C(=O)CCC12C. The molecule has 1 fully saturated rings. The van der Waals surface area contributed by atoms with Crippen LogP contribution in [0, 0.1) is 0 Å².